The first-order valence-electron chi connectivity index (χ1n) is 10.8. The third-order valence-electron chi connectivity index (χ3n) is 4.89. The van der Waals surface area contributed by atoms with E-state index < -0.39 is 6.16 Å². The maximum Gasteiger partial charge on any atom is 0.513 e. The maximum absolute atomic E-state index is 12.5. The van der Waals surface area contributed by atoms with Crippen molar-refractivity contribution < 1.29 is 23.9 Å². The van der Waals surface area contributed by atoms with Gasteiger partial charge >= 0.3 is 6.16 Å². The molecule has 0 bridgehead atoms. The molecule has 0 atom stereocenters. The molecule has 3 aromatic carbocycles. The van der Waals surface area contributed by atoms with Crippen molar-refractivity contribution in [2.45, 2.75) is 26.3 Å². The number of hydrogen-bond acceptors (Lipinski definition) is 5. The molecule has 0 aromatic heterocycles. The van der Waals surface area contributed by atoms with Crippen LogP contribution in [0.25, 0.3) is 0 Å². The quantitative estimate of drug-likeness (QED) is 0.317. The number of ether oxygens (including phenoxy) is 2. The lowest BCUT2D eigenvalue weighted by Crippen LogP contribution is -2.24. The Balaban J connectivity index is 1.54. The van der Waals surface area contributed by atoms with E-state index in [0.29, 0.717) is 22.7 Å². The molecule has 8 heteroatoms. The number of rotatable bonds is 9. The van der Waals surface area contributed by atoms with Gasteiger partial charge in [0.15, 0.2) is 0 Å². The van der Waals surface area contributed by atoms with Crippen molar-refractivity contribution in [2.24, 2.45) is 0 Å². The monoisotopic (exact) mass is 480 g/mol. The molecule has 0 aliphatic carbocycles. The number of hydrogen-bond donors (Lipinski definition) is 2. The minimum absolute atomic E-state index is 0.143. The van der Waals surface area contributed by atoms with Crippen LogP contribution in [0.2, 0.25) is 5.02 Å². The van der Waals surface area contributed by atoms with Crippen LogP contribution in [0.5, 0.6) is 5.75 Å². The van der Waals surface area contributed by atoms with E-state index in [9.17, 15) is 14.4 Å². The minimum Gasteiger partial charge on any atom is -0.434 e. The molecule has 0 heterocycles. The van der Waals surface area contributed by atoms with Gasteiger partial charge in [0.05, 0.1) is 6.61 Å². The smallest absolute Gasteiger partial charge is 0.434 e. The largest absolute Gasteiger partial charge is 0.513 e. The van der Waals surface area contributed by atoms with Crippen LogP contribution in [-0.4, -0.2) is 24.6 Å². The second kappa shape index (κ2) is 12.4. The average molecular weight is 481 g/mol. The number of benzene rings is 3. The maximum atomic E-state index is 12.5. The van der Waals surface area contributed by atoms with Crippen LogP contribution >= 0.6 is 11.6 Å². The molecule has 0 fully saturated rings. The zero-order valence-electron chi connectivity index (χ0n) is 18.7. The van der Waals surface area contributed by atoms with Crippen LogP contribution in [0.3, 0.4) is 0 Å². The van der Waals surface area contributed by atoms with Crippen LogP contribution in [0.4, 0.5) is 10.5 Å². The molecular formula is C26H25ClN2O5. The summed E-state index contributed by atoms with van der Waals surface area (Å²) in [5.74, 6) is -0.168. The summed E-state index contributed by atoms with van der Waals surface area (Å²) in [6.07, 6.45) is 0.00973. The number of para-hydroxylation sites is 1. The Morgan fingerprint density at radius 3 is 2.26 bits per heavy atom. The van der Waals surface area contributed by atoms with Crippen LogP contribution < -0.4 is 15.4 Å². The summed E-state index contributed by atoms with van der Waals surface area (Å²) in [7, 11) is 0. The van der Waals surface area contributed by atoms with Crippen molar-refractivity contribution in [3.8, 4) is 5.75 Å². The van der Waals surface area contributed by atoms with Crippen molar-refractivity contribution in [3.05, 3.63) is 94.5 Å². The van der Waals surface area contributed by atoms with E-state index in [1.807, 2.05) is 36.4 Å². The Kier molecular flexibility index (Phi) is 9.05. The molecule has 176 valence electrons. The molecule has 0 aliphatic heterocycles. The van der Waals surface area contributed by atoms with E-state index in [-0.39, 0.29) is 37.1 Å². The molecule has 2 amide bonds. The Hall–Kier alpha value is -3.84. The zero-order chi connectivity index (χ0) is 24.3. The standard InChI is InChI=1S/C26H25ClN2O5/c1-2-33-26(32)34-21-14-11-19(12-15-21)25(31)28-17-20-8-4-6-10-23(20)29-24(30)16-13-18-7-3-5-9-22(18)27/h3-12,14-15H,2,13,16-17H2,1H3,(H,28,31)(H,29,30). The molecular weight excluding hydrogens is 456 g/mol. The van der Waals surface area contributed by atoms with Crippen molar-refractivity contribution >= 4 is 35.3 Å². The van der Waals surface area contributed by atoms with Gasteiger partial charge in [0, 0.05) is 29.2 Å². The second-order valence-corrected chi connectivity index (χ2v) is 7.70. The molecule has 0 unspecified atom stereocenters. The van der Waals surface area contributed by atoms with Gasteiger partial charge in [0.2, 0.25) is 5.91 Å². The molecule has 0 saturated carbocycles. The molecule has 0 radical (unpaired) electrons. The summed E-state index contributed by atoms with van der Waals surface area (Å²) in [6, 6.07) is 20.8. The van der Waals surface area contributed by atoms with E-state index >= 15 is 0 Å². The Morgan fingerprint density at radius 1 is 0.882 bits per heavy atom. The highest BCUT2D eigenvalue weighted by atomic mass is 35.5. The lowest BCUT2D eigenvalue weighted by Gasteiger charge is -2.12. The van der Waals surface area contributed by atoms with E-state index in [4.69, 9.17) is 21.1 Å². The first-order valence-corrected chi connectivity index (χ1v) is 11.2. The Labute approximate surface area is 203 Å². The number of anilines is 1. The average Bonchev–Trinajstić information content (AvgIpc) is 2.83. The second-order valence-electron chi connectivity index (χ2n) is 7.29. The Morgan fingerprint density at radius 2 is 1.56 bits per heavy atom. The molecule has 2 N–H and O–H groups in total. The van der Waals surface area contributed by atoms with Gasteiger partial charge in [0.25, 0.3) is 5.91 Å². The molecule has 0 saturated heterocycles. The Bertz CT molecular complexity index is 1150. The third kappa shape index (κ3) is 7.35. The van der Waals surface area contributed by atoms with Gasteiger partial charge in [-0.15, -0.1) is 0 Å². The number of halogens is 1. The molecule has 3 rings (SSSR count). The van der Waals surface area contributed by atoms with E-state index in [0.717, 1.165) is 11.1 Å². The zero-order valence-corrected chi connectivity index (χ0v) is 19.4. The lowest BCUT2D eigenvalue weighted by atomic mass is 10.1. The summed E-state index contributed by atoms with van der Waals surface area (Å²) >= 11 is 6.16. The molecule has 7 nitrogen and oxygen atoms in total. The summed E-state index contributed by atoms with van der Waals surface area (Å²) < 4.78 is 9.70. The topological polar surface area (TPSA) is 93.7 Å². The number of carbonyl (C=O) groups is 3. The SMILES string of the molecule is CCOC(=O)Oc1ccc(C(=O)NCc2ccccc2NC(=O)CCc2ccccc2Cl)cc1. The highest BCUT2D eigenvalue weighted by molar-refractivity contribution is 6.31. The van der Waals surface area contributed by atoms with E-state index in [1.165, 1.54) is 12.1 Å². The minimum atomic E-state index is -0.801. The van der Waals surface area contributed by atoms with Crippen molar-refractivity contribution in [3.63, 3.8) is 0 Å². The van der Waals surface area contributed by atoms with Crippen molar-refractivity contribution in [1.29, 1.82) is 0 Å². The fraction of sp³-hybridized carbons (Fsp3) is 0.192. The highest BCUT2D eigenvalue weighted by Gasteiger charge is 2.11. The normalized spacial score (nSPS) is 10.3. The van der Waals surface area contributed by atoms with Gasteiger partial charge in [-0.25, -0.2) is 4.79 Å². The number of aryl methyl sites for hydroxylation is 1. The van der Waals surface area contributed by atoms with Crippen LogP contribution in [0, 0.1) is 0 Å². The number of amides is 2. The van der Waals surface area contributed by atoms with Crippen molar-refractivity contribution in [1.82, 2.24) is 5.32 Å². The van der Waals surface area contributed by atoms with Gasteiger partial charge in [-0.05, 0) is 60.9 Å². The van der Waals surface area contributed by atoms with Gasteiger partial charge in [-0.1, -0.05) is 48.0 Å². The van der Waals surface area contributed by atoms with Crippen LogP contribution in [0.15, 0.2) is 72.8 Å². The van der Waals surface area contributed by atoms with E-state index in [1.54, 1.807) is 31.2 Å². The molecule has 0 spiro atoms. The van der Waals surface area contributed by atoms with Gasteiger partial charge in [-0.3, -0.25) is 9.59 Å². The fourth-order valence-electron chi connectivity index (χ4n) is 3.15. The number of carbonyl (C=O) groups excluding carboxylic acids is 3. The summed E-state index contributed by atoms with van der Waals surface area (Å²) in [5, 5.41) is 6.38. The molecule has 34 heavy (non-hydrogen) atoms. The van der Waals surface area contributed by atoms with Gasteiger partial charge in [0.1, 0.15) is 5.75 Å². The van der Waals surface area contributed by atoms with E-state index in [2.05, 4.69) is 10.6 Å². The van der Waals surface area contributed by atoms with Crippen LogP contribution in [-0.2, 0) is 22.5 Å². The van der Waals surface area contributed by atoms with Crippen LogP contribution in [0.1, 0.15) is 34.8 Å². The first kappa shape index (κ1) is 24.8. The summed E-state index contributed by atoms with van der Waals surface area (Å²) in [4.78, 5) is 36.4. The first-order chi connectivity index (χ1) is 16.5. The summed E-state index contributed by atoms with van der Waals surface area (Å²) in [6.45, 7) is 2.11. The third-order valence-corrected chi connectivity index (χ3v) is 5.26. The molecule has 3 aromatic rings. The highest BCUT2D eigenvalue weighted by Crippen LogP contribution is 2.19. The predicted octanol–water partition coefficient (Wildman–Crippen LogP) is 5.38. The van der Waals surface area contributed by atoms with Crippen molar-refractivity contribution in [2.75, 3.05) is 11.9 Å². The van der Waals surface area contributed by atoms with Gasteiger partial charge < -0.3 is 20.1 Å². The lowest BCUT2D eigenvalue weighted by molar-refractivity contribution is -0.116. The predicted molar refractivity (Wildman–Crippen MR) is 130 cm³/mol. The van der Waals surface area contributed by atoms with Gasteiger partial charge in [-0.2, -0.15) is 0 Å². The fourth-order valence-corrected chi connectivity index (χ4v) is 3.38. The molecule has 0 aliphatic rings. The summed E-state index contributed by atoms with van der Waals surface area (Å²) in [5.41, 5.74) is 2.71. The number of nitrogens with one attached hydrogen (secondary N) is 2.